The lowest BCUT2D eigenvalue weighted by Crippen LogP contribution is -2.44. The minimum absolute atomic E-state index is 0.177. The van der Waals surface area contributed by atoms with Crippen molar-refractivity contribution in [2.24, 2.45) is 5.73 Å². The quantitative estimate of drug-likeness (QED) is 0.711. The van der Waals surface area contributed by atoms with Crippen molar-refractivity contribution in [3.63, 3.8) is 0 Å². The van der Waals surface area contributed by atoms with Gasteiger partial charge in [0.05, 0.1) is 23.1 Å². The number of hydrogen-bond donors (Lipinski definition) is 1. The van der Waals surface area contributed by atoms with Gasteiger partial charge in [0.1, 0.15) is 12.1 Å². The molecule has 0 saturated heterocycles. The third-order valence-corrected chi connectivity index (χ3v) is 4.34. The molecule has 1 amide bonds. The summed E-state index contributed by atoms with van der Waals surface area (Å²) in [5, 5.41) is 9.41. The molecule has 3 rings (SSSR count). The van der Waals surface area contributed by atoms with Crippen molar-refractivity contribution >= 4 is 29.0 Å². The lowest BCUT2D eigenvalue weighted by molar-refractivity contribution is -0.119. The summed E-state index contributed by atoms with van der Waals surface area (Å²) >= 11 is 6.38. The average Bonchev–Trinajstić information content (AvgIpc) is 2.70. The lowest BCUT2D eigenvalue weighted by Gasteiger charge is -2.31. The zero-order valence-electron chi connectivity index (χ0n) is 14.3. The SMILES string of the molecule is N#Cc1cnc(N(c2ccccc2Cl)C(Cc2ccccc2)C(N)=O)cn1. The van der Waals surface area contributed by atoms with Crippen LogP contribution in [0.15, 0.2) is 67.0 Å². The van der Waals surface area contributed by atoms with E-state index in [1.165, 1.54) is 12.4 Å². The van der Waals surface area contributed by atoms with Gasteiger partial charge in [0.25, 0.3) is 0 Å². The molecule has 0 radical (unpaired) electrons. The normalized spacial score (nSPS) is 11.4. The van der Waals surface area contributed by atoms with Crippen LogP contribution in [-0.2, 0) is 11.2 Å². The summed E-state index contributed by atoms with van der Waals surface area (Å²) in [4.78, 5) is 22.4. The van der Waals surface area contributed by atoms with Gasteiger partial charge in [0.15, 0.2) is 11.5 Å². The monoisotopic (exact) mass is 377 g/mol. The van der Waals surface area contributed by atoms with E-state index in [0.717, 1.165) is 5.56 Å². The number of nitrogens with zero attached hydrogens (tertiary/aromatic N) is 4. The van der Waals surface area contributed by atoms with Crippen molar-refractivity contribution in [2.75, 3.05) is 4.90 Å². The number of rotatable bonds is 6. The van der Waals surface area contributed by atoms with Crippen molar-refractivity contribution in [1.29, 1.82) is 5.26 Å². The number of amides is 1. The molecule has 1 heterocycles. The van der Waals surface area contributed by atoms with Crippen molar-refractivity contribution in [1.82, 2.24) is 9.97 Å². The number of carbonyl (C=O) groups excluding carboxylic acids is 1. The molecule has 2 N–H and O–H groups in total. The number of halogens is 1. The smallest absolute Gasteiger partial charge is 0.240 e. The first-order valence-corrected chi connectivity index (χ1v) is 8.57. The van der Waals surface area contributed by atoms with Gasteiger partial charge in [-0.1, -0.05) is 54.1 Å². The van der Waals surface area contributed by atoms with E-state index in [-0.39, 0.29) is 5.69 Å². The molecule has 0 spiro atoms. The van der Waals surface area contributed by atoms with E-state index in [1.807, 2.05) is 42.5 Å². The molecule has 1 unspecified atom stereocenters. The predicted molar refractivity (Wildman–Crippen MR) is 103 cm³/mol. The molecule has 27 heavy (non-hydrogen) atoms. The number of carbonyl (C=O) groups is 1. The first-order chi connectivity index (χ1) is 13.1. The highest BCUT2D eigenvalue weighted by atomic mass is 35.5. The summed E-state index contributed by atoms with van der Waals surface area (Å²) in [6, 6.07) is 17.8. The highest BCUT2D eigenvalue weighted by Gasteiger charge is 2.28. The van der Waals surface area contributed by atoms with Crippen LogP contribution in [0, 0.1) is 11.3 Å². The summed E-state index contributed by atoms with van der Waals surface area (Å²) < 4.78 is 0. The van der Waals surface area contributed by atoms with Crippen LogP contribution in [0.5, 0.6) is 0 Å². The van der Waals surface area contributed by atoms with Gasteiger partial charge in [-0.2, -0.15) is 5.26 Å². The fourth-order valence-electron chi connectivity index (χ4n) is 2.76. The van der Waals surface area contributed by atoms with Crippen LogP contribution in [0.25, 0.3) is 0 Å². The van der Waals surface area contributed by atoms with Crippen LogP contribution < -0.4 is 10.6 Å². The van der Waals surface area contributed by atoms with Crippen molar-refractivity contribution < 1.29 is 4.79 Å². The summed E-state index contributed by atoms with van der Waals surface area (Å²) in [5.41, 5.74) is 7.45. The van der Waals surface area contributed by atoms with Gasteiger partial charge in [0.2, 0.25) is 5.91 Å². The minimum atomic E-state index is -0.741. The number of aromatic nitrogens is 2. The topological polar surface area (TPSA) is 95.9 Å². The Labute approximate surface area is 161 Å². The van der Waals surface area contributed by atoms with Crippen LogP contribution in [0.2, 0.25) is 5.02 Å². The Morgan fingerprint density at radius 3 is 2.41 bits per heavy atom. The molecule has 0 fully saturated rings. The Balaban J connectivity index is 2.10. The first-order valence-electron chi connectivity index (χ1n) is 8.19. The lowest BCUT2D eigenvalue weighted by atomic mass is 10.0. The number of para-hydroxylation sites is 1. The zero-order chi connectivity index (χ0) is 19.2. The second kappa shape index (κ2) is 8.30. The molecule has 1 aromatic heterocycles. The molecule has 7 heteroatoms. The van der Waals surface area contributed by atoms with Gasteiger partial charge in [-0.05, 0) is 17.7 Å². The van der Waals surface area contributed by atoms with Gasteiger partial charge < -0.3 is 10.6 Å². The van der Waals surface area contributed by atoms with E-state index in [0.29, 0.717) is 22.9 Å². The van der Waals surface area contributed by atoms with E-state index in [4.69, 9.17) is 22.6 Å². The molecule has 3 aromatic rings. The molecule has 0 saturated carbocycles. The third-order valence-electron chi connectivity index (χ3n) is 4.02. The number of anilines is 2. The molecule has 0 aliphatic heterocycles. The molecule has 0 aliphatic rings. The molecule has 0 aliphatic carbocycles. The molecule has 134 valence electrons. The molecular weight excluding hydrogens is 362 g/mol. The Kier molecular flexibility index (Phi) is 5.64. The summed E-state index contributed by atoms with van der Waals surface area (Å²) in [6.45, 7) is 0. The number of nitriles is 1. The van der Waals surface area contributed by atoms with E-state index in [2.05, 4.69) is 9.97 Å². The van der Waals surface area contributed by atoms with Gasteiger partial charge in [0, 0.05) is 6.42 Å². The van der Waals surface area contributed by atoms with Crippen molar-refractivity contribution in [3.05, 3.63) is 83.3 Å². The maximum absolute atomic E-state index is 12.4. The summed E-state index contributed by atoms with van der Waals surface area (Å²) in [7, 11) is 0. The predicted octanol–water partition coefficient (Wildman–Crippen LogP) is 3.24. The van der Waals surface area contributed by atoms with Crippen LogP contribution in [0.1, 0.15) is 11.3 Å². The first kappa shape index (κ1) is 18.4. The zero-order valence-corrected chi connectivity index (χ0v) is 15.0. The second-order valence-corrected chi connectivity index (χ2v) is 6.21. The Hall–Kier alpha value is -3.43. The molecule has 6 nitrogen and oxygen atoms in total. The summed E-state index contributed by atoms with van der Waals surface area (Å²) in [6.07, 6.45) is 3.14. The Morgan fingerprint density at radius 1 is 1.11 bits per heavy atom. The Bertz CT molecular complexity index is 970. The maximum Gasteiger partial charge on any atom is 0.240 e. The summed E-state index contributed by atoms with van der Waals surface area (Å²) in [5.74, 6) is -0.147. The standard InChI is InChI=1S/C20H16ClN5O/c21-16-8-4-5-9-17(16)26(19-13-24-15(11-22)12-25-19)18(20(23)27)10-14-6-2-1-3-7-14/h1-9,12-13,18H,10H2,(H2,23,27). The van der Waals surface area contributed by atoms with Gasteiger partial charge in [-0.25, -0.2) is 9.97 Å². The molecule has 1 atom stereocenters. The molecule has 0 bridgehead atoms. The molecular formula is C20H16ClN5O. The molecule has 2 aromatic carbocycles. The number of hydrogen-bond acceptors (Lipinski definition) is 5. The fraction of sp³-hybridized carbons (Fsp3) is 0.100. The van der Waals surface area contributed by atoms with Gasteiger partial charge in [-0.15, -0.1) is 0 Å². The van der Waals surface area contributed by atoms with Crippen LogP contribution in [0.4, 0.5) is 11.5 Å². The Morgan fingerprint density at radius 2 is 1.81 bits per heavy atom. The van der Waals surface area contributed by atoms with Crippen molar-refractivity contribution in [2.45, 2.75) is 12.5 Å². The van der Waals surface area contributed by atoms with E-state index >= 15 is 0 Å². The fourth-order valence-corrected chi connectivity index (χ4v) is 2.98. The average molecular weight is 378 g/mol. The number of nitrogens with two attached hydrogens (primary N) is 1. The van der Waals surface area contributed by atoms with E-state index in [1.54, 1.807) is 23.1 Å². The van der Waals surface area contributed by atoms with Crippen LogP contribution in [-0.4, -0.2) is 21.9 Å². The second-order valence-electron chi connectivity index (χ2n) is 5.80. The number of primary amides is 1. The van der Waals surface area contributed by atoms with E-state index in [9.17, 15) is 4.79 Å². The maximum atomic E-state index is 12.4. The van der Waals surface area contributed by atoms with Crippen LogP contribution in [0.3, 0.4) is 0 Å². The largest absolute Gasteiger partial charge is 0.368 e. The van der Waals surface area contributed by atoms with Gasteiger partial charge >= 0.3 is 0 Å². The number of benzene rings is 2. The van der Waals surface area contributed by atoms with Crippen LogP contribution >= 0.6 is 11.6 Å². The van der Waals surface area contributed by atoms with Gasteiger partial charge in [-0.3, -0.25) is 4.79 Å². The highest BCUT2D eigenvalue weighted by molar-refractivity contribution is 6.33. The third kappa shape index (κ3) is 4.22. The highest BCUT2D eigenvalue weighted by Crippen LogP contribution is 2.33. The minimum Gasteiger partial charge on any atom is -0.368 e. The van der Waals surface area contributed by atoms with E-state index < -0.39 is 11.9 Å². The van der Waals surface area contributed by atoms with Crippen molar-refractivity contribution in [3.8, 4) is 6.07 Å².